The van der Waals surface area contributed by atoms with Gasteiger partial charge in [-0.05, 0) is 38.6 Å². The Labute approximate surface area is 79.8 Å². The van der Waals surface area contributed by atoms with Gasteiger partial charge in [-0.15, -0.1) is 0 Å². The third-order valence-electron chi connectivity index (χ3n) is 3.17. The molecule has 2 fully saturated rings. The van der Waals surface area contributed by atoms with Crippen LogP contribution in [0.2, 0.25) is 0 Å². The molecule has 2 aliphatic rings. The summed E-state index contributed by atoms with van der Waals surface area (Å²) in [6.45, 7) is 2.69. The monoisotopic (exact) mass is 203 g/mol. The van der Waals surface area contributed by atoms with Crippen LogP contribution >= 0.6 is 0 Å². The van der Waals surface area contributed by atoms with Crippen LogP contribution in [-0.2, 0) is 9.84 Å². The van der Waals surface area contributed by atoms with Crippen LogP contribution in [-0.4, -0.2) is 32.0 Å². The van der Waals surface area contributed by atoms with Gasteiger partial charge in [-0.3, -0.25) is 0 Å². The molecule has 2 unspecified atom stereocenters. The van der Waals surface area contributed by atoms with Crippen molar-refractivity contribution in [3.8, 4) is 0 Å². The molecule has 0 bridgehead atoms. The fraction of sp³-hybridized carbons (Fsp3) is 1.00. The number of rotatable bonds is 1. The first-order valence-corrected chi connectivity index (χ1v) is 6.76. The Morgan fingerprint density at radius 2 is 1.92 bits per heavy atom. The van der Waals surface area contributed by atoms with Crippen molar-refractivity contribution in [2.45, 2.75) is 37.5 Å². The Morgan fingerprint density at radius 1 is 1.23 bits per heavy atom. The minimum atomic E-state index is -2.81. The van der Waals surface area contributed by atoms with Crippen LogP contribution < -0.4 is 5.32 Å². The quantitative estimate of drug-likeness (QED) is 0.677. The molecule has 0 radical (unpaired) electrons. The molecule has 0 amide bonds. The van der Waals surface area contributed by atoms with Gasteiger partial charge in [-0.2, -0.15) is 0 Å². The molecular weight excluding hydrogens is 186 g/mol. The molecule has 2 rings (SSSR count). The van der Waals surface area contributed by atoms with Crippen molar-refractivity contribution in [2.24, 2.45) is 5.92 Å². The predicted octanol–water partition coefficient (Wildman–Crippen LogP) is 0.562. The highest BCUT2D eigenvalue weighted by molar-refractivity contribution is 7.92. The van der Waals surface area contributed by atoms with Crippen LogP contribution in [0.3, 0.4) is 0 Å². The van der Waals surface area contributed by atoms with Crippen LogP contribution in [0.15, 0.2) is 0 Å². The van der Waals surface area contributed by atoms with Crippen molar-refractivity contribution in [2.75, 3.05) is 12.3 Å². The van der Waals surface area contributed by atoms with Crippen LogP contribution in [0.5, 0.6) is 0 Å². The summed E-state index contributed by atoms with van der Waals surface area (Å²) in [4.78, 5) is 0. The summed E-state index contributed by atoms with van der Waals surface area (Å²) in [5.74, 6) is 0.999. The molecule has 1 aliphatic heterocycles. The highest BCUT2D eigenvalue weighted by Crippen LogP contribution is 2.34. The predicted molar refractivity (Wildman–Crippen MR) is 52.4 cm³/mol. The van der Waals surface area contributed by atoms with Crippen molar-refractivity contribution < 1.29 is 8.42 Å². The van der Waals surface area contributed by atoms with Crippen LogP contribution in [0.4, 0.5) is 0 Å². The first kappa shape index (κ1) is 9.46. The van der Waals surface area contributed by atoms with Crippen LogP contribution in [0.25, 0.3) is 0 Å². The van der Waals surface area contributed by atoms with Gasteiger partial charge in [0.25, 0.3) is 0 Å². The van der Waals surface area contributed by atoms with E-state index in [1.807, 2.05) is 6.92 Å². The van der Waals surface area contributed by atoms with E-state index in [2.05, 4.69) is 5.32 Å². The summed E-state index contributed by atoms with van der Waals surface area (Å²) in [6.07, 6.45) is 3.19. The topological polar surface area (TPSA) is 46.2 Å². The molecule has 1 heterocycles. The minimum absolute atomic E-state index is 0.149. The Kier molecular flexibility index (Phi) is 2.36. The second-order valence-electron chi connectivity index (χ2n) is 4.33. The van der Waals surface area contributed by atoms with E-state index in [0.29, 0.717) is 11.7 Å². The lowest BCUT2D eigenvalue weighted by Gasteiger charge is -2.13. The number of sulfone groups is 1. The molecule has 4 heteroatoms. The Balaban J connectivity index is 2.10. The van der Waals surface area contributed by atoms with Crippen molar-refractivity contribution >= 4 is 9.84 Å². The average Bonchev–Trinajstić information content (AvgIpc) is 2.82. The molecule has 1 saturated carbocycles. The maximum atomic E-state index is 11.7. The molecule has 0 aromatic heterocycles. The van der Waals surface area contributed by atoms with Crippen molar-refractivity contribution in [1.82, 2.24) is 5.32 Å². The van der Waals surface area contributed by atoms with E-state index in [0.717, 1.165) is 13.0 Å². The second-order valence-corrected chi connectivity index (χ2v) is 6.79. The fourth-order valence-corrected chi connectivity index (χ4v) is 3.62. The maximum Gasteiger partial charge on any atom is 0.154 e. The largest absolute Gasteiger partial charge is 0.313 e. The smallest absolute Gasteiger partial charge is 0.154 e. The number of hydrogen-bond donors (Lipinski definition) is 1. The zero-order chi connectivity index (χ0) is 9.47. The average molecular weight is 203 g/mol. The van der Waals surface area contributed by atoms with E-state index >= 15 is 0 Å². The van der Waals surface area contributed by atoms with Gasteiger partial charge in [-0.25, -0.2) is 8.42 Å². The van der Waals surface area contributed by atoms with Crippen LogP contribution in [0.1, 0.15) is 26.2 Å². The maximum absolute atomic E-state index is 11.7. The molecule has 76 valence electrons. The third-order valence-corrected chi connectivity index (χ3v) is 5.46. The van der Waals surface area contributed by atoms with E-state index in [9.17, 15) is 8.42 Å². The van der Waals surface area contributed by atoms with Crippen LogP contribution in [0, 0.1) is 5.92 Å². The molecule has 0 aromatic rings. The lowest BCUT2D eigenvalue weighted by molar-refractivity contribution is 0.503. The first-order valence-electron chi connectivity index (χ1n) is 5.04. The first-order chi connectivity index (χ1) is 6.09. The van der Waals surface area contributed by atoms with E-state index in [1.165, 1.54) is 12.8 Å². The summed E-state index contributed by atoms with van der Waals surface area (Å²) in [5, 5.41) is 3.20. The lowest BCUT2D eigenvalue weighted by atomic mass is 10.2. The van der Waals surface area contributed by atoms with Gasteiger partial charge in [0.05, 0.1) is 11.0 Å². The van der Waals surface area contributed by atoms with Gasteiger partial charge in [0.1, 0.15) is 0 Å². The standard InChI is InChI=1S/C9H17NO2S/c1-7-4-5-10-9(8-2-3-8)6-13(7,11)12/h7-10H,2-6H2,1H3. The Hall–Kier alpha value is -0.0900. The lowest BCUT2D eigenvalue weighted by Crippen LogP contribution is -2.35. The Morgan fingerprint density at radius 3 is 2.54 bits per heavy atom. The number of nitrogens with one attached hydrogen (secondary N) is 1. The minimum Gasteiger partial charge on any atom is -0.313 e. The highest BCUT2D eigenvalue weighted by Gasteiger charge is 2.37. The van der Waals surface area contributed by atoms with Gasteiger partial charge in [0.2, 0.25) is 0 Å². The van der Waals surface area contributed by atoms with Gasteiger partial charge in [-0.1, -0.05) is 0 Å². The van der Waals surface area contributed by atoms with E-state index < -0.39 is 9.84 Å². The SMILES string of the molecule is CC1CCNC(C2CC2)CS1(=O)=O. The van der Waals surface area contributed by atoms with Gasteiger partial charge in [0.15, 0.2) is 9.84 Å². The molecule has 0 aromatic carbocycles. The molecule has 1 saturated heterocycles. The summed E-state index contributed by atoms with van der Waals surface area (Å²) in [5.41, 5.74) is 0. The number of hydrogen-bond acceptors (Lipinski definition) is 3. The summed E-state index contributed by atoms with van der Waals surface area (Å²) in [7, 11) is -2.81. The second kappa shape index (κ2) is 3.24. The Bertz CT molecular complexity index is 282. The van der Waals surface area contributed by atoms with Gasteiger partial charge < -0.3 is 5.32 Å². The molecule has 1 aliphatic carbocycles. The molecule has 0 spiro atoms. The van der Waals surface area contributed by atoms with Gasteiger partial charge in [0, 0.05) is 6.04 Å². The zero-order valence-electron chi connectivity index (χ0n) is 7.99. The van der Waals surface area contributed by atoms with Crippen molar-refractivity contribution in [3.63, 3.8) is 0 Å². The zero-order valence-corrected chi connectivity index (χ0v) is 8.81. The summed E-state index contributed by atoms with van der Waals surface area (Å²) in [6, 6.07) is 0.245. The molecule has 13 heavy (non-hydrogen) atoms. The molecular formula is C9H17NO2S. The fourth-order valence-electron chi connectivity index (χ4n) is 1.93. The van der Waals surface area contributed by atoms with Crippen molar-refractivity contribution in [3.05, 3.63) is 0 Å². The molecule has 2 atom stereocenters. The molecule has 3 nitrogen and oxygen atoms in total. The van der Waals surface area contributed by atoms with E-state index in [1.54, 1.807) is 0 Å². The third kappa shape index (κ3) is 2.05. The summed E-state index contributed by atoms with van der Waals surface area (Å²) < 4.78 is 23.4. The summed E-state index contributed by atoms with van der Waals surface area (Å²) >= 11 is 0. The van der Waals surface area contributed by atoms with Crippen molar-refractivity contribution in [1.29, 1.82) is 0 Å². The van der Waals surface area contributed by atoms with E-state index in [-0.39, 0.29) is 11.3 Å². The normalized spacial score (nSPS) is 39.8. The van der Waals surface area contributed by atoms with Gasteiger partial charge >= 0.3 is 0 Å². The van der Waals surface area contributed by atoms with E-state index in [4.69, 9.17) is 0 Å². The highest BCUT2D eigenvalue weighted by atomic mass is 32.2. The molecule has 1 N–H and O–H groups in total.